The molecule has 0 radical (unpaired) electrons. The second kappa shape index (κ2) is 11.7. The molecule has 0 aromatic heterocycles. The molecule has 1 fully saturated rings. The molecule has 37 heavy (non-hydrogen) atoms. The Morgan fingerprint density at radius 1 is 0.892 bits per heavy atom. The van der Waals surface area contributed by atoms with Crippen molar-refractivity contribution in [2.45, 2.75) is 6.92 Å². The first-order chi connectivity index (χ1) is 17.9. The van der Waals surface area contributed by atoms with Crippen LogP contribution in [-0.4, -0.2) is 49.4 Å². The van der Waals surface area contributed by atoms with Gasteiger partial charge >= 0.3 is 5.97 Å². The first-order valence-corrected chi connectivity index (χ1v) is 12.2. The van der Waals surface area contributed by atoms with Gasteiger partial charge in [-0.1, -0.05) is 35.9 Å². The fourth-order valence-corrected chi connectivity index (χ4v) is 4.48. The van der Waals surface area contributed by atoms with Crippen LogP contribution >= 0.6 is 11.8 Å². The summed E-state index contributed by atoms with van der Waals surface area (Å²) in [6.07, 6.45) is 1.60. The number of imide groups is 1. The van der Waals surface area contributed by atoms with E-state index in [0.717, 1.165) is 22.2 Å². The first kappa shape index (κ1) is 25.8. The molecule has 0 atom stereocenters. The minimum absolute atomic E-state index is 0.0945. The van der Waals surface area contributed by atoms with Crippen molar-refractivity contribution < 1.29 is 33.3 Å². The van der Waals surface area contributed by atoms with Crippen LogP contribution in [0.1, 0.15) is 21.5 Å². The standard InChI is InChI=1S/C28H25NO7S/c1-18-7-6-8-20(15-18)27(31)36-23-12-11-19(16-24(23)34-3)17-25-26(30)29(28(32)37-25)13-14-35-22-10-5-4-9-21(22)33-2/h4-12,15-17H,13-14H2,1-3H3/b25-17-. The lowest BCUT2D eigenvalue weighted by molar-refractivity contribution is -0.123. The van der Waals surface area contributed by atoms with Crippen LogP contribution in [0.3, 0.4) is 0 Å². The number of carbonyl (C=O) groups is 3. The molecule has 1 heterocycles. The number of hydrogen-bond acceptors (Lipinski definition) is 8. The summed E-state index contributed by atoms with van der Waals surface area (Å²) in [5.41, 5.74) is 1.98. The zero-order valence-electron chi connectivity index (χ0n) is 20.6. The minimum Gasteiger partial charge on any atom is -0.493 e. The highest BCUT2D eigenvalue weighted by molar-refractivity contribution is 8.18. The monoisotopic (exact) mass is 519 g/mol. The van der Waals surface area contributed by atoms with Crippen molar-refractivity contribution in [3.8, 4) is 23.0 Å². The number of rotatable bonds is 9. The van der Waals surface area contributed by atoms with E-state index in [-0.39, 0.29) is 29.0 Å². The molecule has 8 nitrogen and oxygen atoms in total. The fourth-order valence-electron chi connectivity index (χ4n) is 3.62. The number of para-hydroxylation sites is 2. The van der Waals surface area contributed by atoms with Crippen molar-refractivity contribution in [2.24, 2.45) is 0 Å². The van der Waals surface area contributed by atoms with Crippen LogP contribution in [0.15, 0.2) is 71.6 Å². The molecule has 1 aliphatic rings. The molecule has 1 aliphatic heterocycles. The van der Waals surface area contributed by atoms with Crippen LogP contribution in [0, 0.1) is 6.92 Å². The molecule has 1 saturated heterocycles. The van der Waals surface area contributed by atoms with Gasteiger partial charge < -0.3 is 18.9 Å². The Bertz CT molecular complexity index is 1370. The third-order valence-electron chi connectivity index (χ3n) is 5.46. The van der Waals surface area contributed by atoms with Crippen molar-refractivity contribution >= 4 is 35.0 Å². The molecule has 0 N–H and O–H groups in total. The lowest BCUT2D eigenvalue weighted by Crippen LogP contribution is -2.32. The second-order valence-electron chi connectivity index (χ2n) is 8.00. The maximum Gasteiger partial charge on any atom is 0.343 e. The summed E-state index contributed by atoms with van der Waals surface area (Å²) in [6, 6.07) is 19.1. The van der Waals surface area contributed by atoms with Gasteiger partial charge in [-0.2, -0.15) is 0 Å². The van der Waals surface area contributed by atoms with Crippen LogP contribution in [0.2, 0.25) is 0 Å². The van der Waals surface area contributed by atoms with Gasteiger partial charge in [-0.3, -0.25) is 14.5 Å². The average molecular weight is 520 g/mol. The van der Waals surface area contributed by atoms with E-state index in [4.69, 9.17) is 18.9 Å². The number of amides is 2. The van der Waals surface area contributed by atoms with Crippen LogP contribution in [0.25, 0.3) is 6.08 Å². The number of esters is 1. The fraction of sp³-hybridized carbons (Fsp3) is 0.179. The molecule has 0 unspecified atom stereocenters. The summed E-state index contributed by atoms with van der Waals surface area (Å²) in [4.78, 5) is 39.3. The molecule has 0 spiro atoms. The van der Waals surface area contributed by atoms with E-state index in [1.165, 1.54) is 7.11 Å². The molecule has 2 amide bonds. The normalized spacial score (nSPS) is 14.1. The second-order valence-corrected chi connectivity index (χ2v) is 9.00. The van der Waals surface area contributed by atoms with Gasteiger partial charge in [0.1, 0.15) is 6.61 Å². The Morgan fingerprint density at radius 3 is 2.38 bits per heavy atom. The summed E-state index contributed by atoms with van der Waals surface area (Å²) in [5, 5.41) is -0.379. The highest BCUT2D eigenvalue weighted by atomic mass is 32.2. The zero-order valence-corrected chi connectivity index (χ0v) is 21.4. The first-order valence-electron chi connectivity index (χ1n) is 11.4. The Labute approximate surface area is 218 Å². The quantitative estimate of drug-likeness (QED) is 0.212. The number of thioether (sulfide) groups is 1. The van der Waals surface area contributed by atoms with Gasteiger partial charge in [0.25, 0.3) is 11.1 Å². The Kier molecular flexibility index (Phi) is 8.15. The molecule has 0 bridgehead atoms. The van der Waals surface area contributed by atoms with Gasteiger partial charge in [-0.15, -0.1) is 0 Å². The number of carbonyl (C=O) groups excluding carboxylic acids is 3. The van der Waals surface area contributed by atoms with E-state index in [0.29, 0.717) is 28.4 Å². The Morgan fingerprint density at radius 2 is 1.65 bits per heavy atom. The van der Waals surface area contributed by atoms with Gasteiger partial charge in [0.2, 0.25) is 0 Å². The van der Waals surface area contributed by atoms with Gasteiger partial charge in [0.05, 0.1) is 31.2 Å². The van der Waals surface area contributed by atoms with Gasteiger partial charge in [-0.05, 0) is 66.7 Å². The number of hydrogen-bond donors (Lipinski definition) is 0. The molecule has 0 aliphatic carbocycles. The predicted octanol–water partition coefficient (Wildman–Crippen LogP) is 5.35. The summed E-state index contributed by atoms with van der Waals surface area (Å²) >= 11 is 0.850. The van der Waals surface area contributed by atoms with E-state index >= 15 is 0 Å². The molecule has 0 saturated carbocycles. The van der Waals surface area contributed by atoms with E-state index in [2.05, 4.69) is 0 Å². The van der Waals surface area contributed by atoms with Gasteiger partial charge in [-0.25, -0.2) is 4.79 Å². The topological polar surface area (TPSA) is 91.4 Å². The average Bonchev–Trinajstić information content (AvgIpc) is 3.17. The van der Waals surface area contributed by atoms with Crippen LogP contribution in [0.4, 0.5) is 4.79 Å². The molecule has 9 heteroatoms. The molecule has 3 aromatic rings. The van der Waals surface area contributed by atoms with E-state index in [1.54, 1.807) is 61.7 Å². The summed E-state index contributed by atoms with van der Waals surface area (Å²) in [5.74, 6) is 0.743. The highest BCUT2D eigenvalue weighted by Crippen LogP contribution is 2.35. The molecule has 190 valence electrons. The predicted molar refractivity (Wildman–Crippen MR) is 140 cm³/mol. The van der Waals surface area contributed by atoms with Gasteiger partial charge in [0.15, 0.2) is 23.0 Å². The number of aryl methyl sites for hydroxylation is 1. The lowest BCUT2D eigenvalue weighted by atomic mass is 10.1. The molecule has 3 aromatic carbocycles. The van der Waals surface area contributed by atoms with Crippen LogP contribution in [0.5, 0.6) is 23.0 Å². The number of methoxy groups -OCH3 is 2. The van der Waals surface area contributed by atoms with E-state index in [9.17, 15) is 14.4 Å². The summed E-state index contributed by atoms with van der Waals surface area (Å²) in [6.45, 7) is 2.11. The minimum atomic E-state index is -0.508. The van der Waals surface area contributed by atoms with E-state index < -0.39 is 11.9 Å². The van der Waals surface area contributed by atoms with E-state index in [1.807, 2.05) is 25.1 Å². The number of benzene rings is 3. The largest absolute Gasteiger partial charge is 0.493 e. The maximum absolute atomic E-state index is 12.9. The smallest absolute Gasteiger partial charge is 0.343 e. The molecular weight excluding hydrogens is 494 g/mol. The summed E-state index contributed by atoms with van der Waals surface area (Å²) in [7, 11) is 3.00. The van der Waals surface area contributed by atoms with Crippen molar-refractivity contribution in [2.75, 3.05) is 27.4 Å². The van der Waals surface area contributed by atoms with Crippen LogP contribution in [-0.2, 0) is 4.79 Å². The SMILES string of the molecule is COc1ccccc1OCCN1C(=O)S/C(=C\c2ccc(OC(=O)c3cccc(C)c3)c(OC)c2)C1=O. The number of nitrogens with zero attached hydrogens (tertiary/aromatic N) is 1. The van der Waals surface area contributed by atoms with Gasteiger partial charge in [0, 0.05) is 0 Å². The Hall–Kier alpha value is -4.24. The highest BCUT2D eigenvalue weighted by Gasteiger charge is 2.35. The number of ether oxygens (including phenoxy) is 4. The maximum atomic E-state index is 12.9. The zero-order chi connectivity index (χ0) is 26.4. The van der Waals surface area contributed by atoms with Crippen molar-refractivity contribution in [1.82, 2.24) is 4.90 Å². The Balaban J connectivity index is 1.43. The van der Waals surface area contributed by atoms with Crippen molar-refractivity contribution in [3.63, 3.8) is 0 Å². The molecular formula is C28H25NO7S. The lowest BCUT2D eigenvalue weighted by Gasteiger charge is -2.14. The van der Waals surface area contributed by atoms with Crippen molar-refractivity contribution in [1.29, 1.82) is 0 Å². The molecule has 4 rings (SSSR count). The summed E-state index contributed by atoms with van der Waals surface area (Å²) < 4.78 is 21.8. The third-order valence-corrected chi connectivity index (χ3v) is 6.36. The third kappa shape index (κ3) is 6.13. The van der Waals surface area contributed by atoms with Crippen molar-refractivity contribution in [3.05, 3.63) is 88.3 Å². The van der Waals surface area contributed by atoms with Crippen LogP contribution < -0.4 is 18.9 Å².